The van der Waals surface area contributed by atoms with E-state index in [-0.39, 0.29) is 23.0 Å². The predicted octanol–water partition coefficient (Wildman–Crippen LogP) is 4.69. The first-order chi connectivity index (χ1) is 19.8. The number of likely N-dealkylation sites (tertiary alicyclic amines) is 1. The standard InChI is InChI=1S/C32H38N4O4S/c1-24-4-2-6-29(37)31(24)41(39,40)36-17-3-5-26-8-7-25(22-28(26)36)23-30(38)35-20-13-32(14-21-35)11-18-34(19-12-32)27-9-15-33-16-10-27/h2,4,6-10,15-16,22,37H,3,5,11-14,17-21,23H2,1H3. The van der Waals surface area contributed by atoms with Crippen molar-refractivity contribution in [3.63, 3.8) is 0 Å². The molecule has 3 aromatic rings. The number of carbonyl (C=O) groups is 1. The molecule has 2 fully saturated rings. The molecule has 8 nitrogen and oxygen atoms in total. The number of phenols is 1. The molecular weight excluding hydrogens is 536 g/mol. The molecule has 1 aromatic heterocycles. The minimum absolute atomic E-state index is 0.0526. The zero-order chi connectivity index (χ0) is 28.6. The third-order valence-corrected chi connectivity index (χ3v) is 11.4. The van der Waals surface area contributed by atoms with E-state index in [1.54, 1.807) is 19.1 Å². The first kappa shape index (κ1) is 27.6. The van der Waals surface area contributed by atoms with Gasteiger partial charge in [-0.3, -0.25) is 14.1 Å². The molecule has 41 heavy (non-hydrogen) atoms. The highest BCUT2D eigenvalue weighted by Crippen LogP contribution is 2.42. The lowest BCUT2D eigenvalue weighted by molar-refractivity contribution is -0.133. The summed E-state index contributed by atoms with van der Waals surface area (Å²) in [7, 11) is -3.96. The van der Waals surface area contributed by atoms with Gasteiger partial charge in [-0.15, -0.1) is 0 Å². The molecule has 1 N–H and O–H groups in total. The van der Waals surface area contributed by atoms with Crippen molar-refractivity contribution in [3.8, 4) is 5.75 Å². The Labute approximate surface area is 242 Å². The van der Waals surface area contributed by atoms with Gasteiger partial charge >= 0.3 is 0 Å². The summed E-state index contributed by atoms with van der Waals surface area (Å²) in [4.78, 5) is 21.9. The second-order valence-corrected chi connectivity index (χ2v) is 13.6. The number of benzene rings is 2. The fourth-order valence-corrected chi connectivity index (χ4v) is 8.67. The lowest BCUT2D eigenvalue weighted by Gasteiger charge is -2.47. The Balaban J connectivity index is 1.11. The van der Waals surface area contributed by atoms with Gasteiger partial charge in [-0.1, -0.05) is 24.3 Å². The first-order valence-electron chi connectivity index (χ1n) is 14.6. The summed E-state index contributed by atoms with van der Waals surface area (Å²) in [6.07, 6.45) is 9.76. The number of hydrogen-bond acceptors (Lipinski definition) is 6. The van der Waals surface area contributed by atoms with Gasteiger partial charge in [0.25, 0.3) is 10.0 Å². The van der Waals surface area contributed by atoms with E-state index in [1.165, 1.54) is 16.1 Å². The summed E-state index contributed by atoms with van der Waals surface area (Å²) in [5.74, 6) is -0.148. The highest BCUT2D eigenvalue weighted by atomic mass is 32.2. The molecule has 0 unspecified atom stereocenters. The van der Waals surface area contributed by atoms with E-state index in [2.05, 4.69) is 22.0 Å². The second-order valence-electron chi connectivity index (χ2n) is 11.8. The molecule has 216 valence electrons. The topological polar surface area (TPSA) is 94.0 Å². The number of pyridine rings is 1. The Morgan fingerprint density at radius 1 is 0.951 bits per heavy atom. The Morgan fingerprint density at radius 3 is 2.37 bits per heavy atom. The summed E-state index contributed by atoms with van der Waals surface area (Å²) in [6, 6.07) is 14.7. The molecule has 0 radical (unpaired) electrons. The van der Waals surface area contributed by atoms with Crippen molar-refractivity contribution in [2.24, 2.45) is 5.41 Å². The average Bonchev–Trinajstić information content (AvgIpc) is 2.98. The number of aromatic hydroxyl groups is 1. The molecule has 6 rings (SSSR count). The van der Waals surface area contributed by atoms with Gasteiger partial charge in [-0.2, -0.15) is 0 Å². The van der Waals surface area contributed by atoms with Crippen LogP contribution in [0.25, 0.3) is 0 Å². The van der Waals surface area contributed by atoms with Crippen LogP contribution in [0.4, 0.5) is 11.4 Å². The number of carbonyl (C=O) groups excluding carboxylic acids is 1. The van der Waals surface area contributed by atoms with Crippen LogP contribution in [0, 0.1) is 12.3 Å². The highest BCUT2D eigenvalue weighted by molar-refractivity contribution is 7.93. The maximum atomic E-state index is 13.7. The van der Waals surface area contributed by atoms with Crippen LogP contribution in [-0.2, 0) is 27.7 Å². The second kappa shape index (κ2) is 11.0. The van der Waals surface area contributed by atoms with Gasteiger partial charge in [0, 0.05) is 50.8 Å². The van der Waals surface area contributed by atoms with Crippen LogP contribution in [0.2, 0.25) is 0 Å². The summed E-state index contributed by atoms with van der Waals surface area (Å²) in [5, 5.41) is 10.4. The number of nitrogens with zero attached hydrogens (tertiary/aromatic N) is 4. The van der Waals surface area contributed by atoms with E-state index >= 15 is 0 Å². The van der Waals surface area contributed by atoms with E-state index < -0.39 is 10.0 Å². The van der Waals surface area contributed by atoms with Crippen molar-refractivity contribution in [1.82, 2.24) is 9.88 Å². The van der Waals surface area contributed by atoms with Gasteiger partial charge < -0.3 is 14.9 Å². The van der Waals surface area contributed by atoms with Gasteiger partial charge in [0.15, 0.2) is 0 Å². The molecule has 2 aromatic carbocycles. The third-order valence-electron chi connectivity index (χ3n) is 9.35. The molecule has 1 spiro atoms. The summed E-state index contributed by atoms with van der Waals surface area (Å²) in [5.41, 5.74) is 4.42. The number of piperidine rings is 2. The number of anilines is 2. The number of fused-ring (bicyclic) bond motifs is 1. The van der Waals surface area contributed by atoms with Crippen LogP contribution in [0.1, 0.15) is 48.8 Å². The van der Waals surface area contributed by atoms with Crippen LogP contribution in [-0.4, -0.2) is 62.0 Å². The average molecular weight is 575 g/mol. The number of rotatable bonds is 5. The molecule has 3 aliphatic heterocycles. The van der Waals surface area contributed by atoms with Crippen molar-refractivity contribution in [3.05, 3.63) is 77.6 Å². The molecular formula is C32H38N4O4S. The molecule has 0 atom stereocenters. The van der Waals surface area contributed by atoms with Crippen molar-refractivity contribution in [2.75, 3.05) is 41.9 Å². The van der Waals surface area contributed by atoms with Crippen LogP contribution in [0.5, 0.6) is 5.75 Å². The number of amides is 1. The van der Waals surface area contributed by atoms with E-state index in [9.17, 15) is 18.3 Å². The Kier molecular flexibility index (Phi) is 7.40. The summed E-state index contributed by atoms with van der Waals surface area (Å²) >= 11 is 0. The monoisotopic (exact) mass is 574 g/mol. The SMILES string of the molecule is Cc1cccc(O)c1S(=O)(=O)N1CCCc2ccc(CC(=O)N3CCC4(CC3)CCN(c3ccncc3)CC4)cc21. The number of sulfonamides is 1. The fourth-order valence-electron chi connectivity index (χ4n) is 6.84. The predicted molar refractivity (Wildman–Crippen MR) is 160 cm³/mol. The van der Waals surface area contributed by atoms with Crippen molar-refractivity contribution >= 4 is 27.3 Å². The van der Waals surface area contributed by atoms with E-state index in [1.807, 2.05) is 35.5 Å². The largest absolute Gasteiger partial charge is 0.507 e. The fraction of sp³-hybridized carbons (Fsp3) is 0.438. The molecule has 9 heteroatoms. The smallest absolute Gasteiger partial charge is 0.268 e. The molecule has 0 saturated carbocycles. The van der Waals surface area contributed by atoms with E-state index in [0.717, 1.165) is 69.4 Å². The zero-order valence-corrected chi connectivity index (χ0v) is 24.4. The number of aryl methyl sites for hydroxylation is 2. The summed E-state index contributed by atoms with van der Waals surface area (Å²) in [6.45, 7) is 5.64. The summed E-state index contributed by atoms with van der Waals surface area (Å²) < 4.78 is 28.8. The molecule has 0 aliphatic carbocycles. The van der Waals surface area contributed by atoms with Gasteiger partial charge in [0.2, 0.25) is 5.91 Å². The maximum Gasteiger partial charge on any atom is 0.268 e. The Bertz CT molecular complexity index is 1500. The molecule has 0 bridgehead atoms. The Morgan fingerprint density at radius 2 is 1.66 bits per heavy atom. The molecule has 4 heterocycles. The maximum absolute atomic E-state index is 13.7. The number of hydrogen-bond donors (Lipinski definition) is 1. The zero-order valence-electron chi connectivity index (χ0n) is 23.6. The first-order valence-corrected chi connectivity index (χ1v) is 16.1. The van der Waals surface area contributed by atoms with Crippen molar-refractivity contribution in [2.45, 2.75) is 56.8 Å². The van der Waals surface area contributed by atoms with Crippen LogP contribution < -0.4 is 9.21 Å². The lowest BCUT2D eigenvalue weighted by Crippen LogP contribution is -2.48. The van der Waals surface area contributed by atoms with Gasteiger partial charge in [0.1, 0.15) is 10.6 Å². The van der Waals surface area contributed by atoms with Crippen LogP contribution >= 0.6 is 0 Å². The van der Waals surface area contributed by atoms with Gasteiger partial charge in [-0.25, -0.2) is 8.42 Å². The van der Waals surface area contributed by atoms with Crippen LogP contribution in [0.15, 0.2) is 65.8 Å². The Hall–Kier alpha value is -3.59. The van der Waals surface area contributed by atoms with E-state index in [0.29, 0.717) is 29.6 Å². The van der Waals surface area contributed by atoms with Gasteiger partial charge in [0.05, 0.1) is 12.1 Å². The quantitative estimate of drug-likeness (QED) is 0.475. The molecule has 3 aliphatic rings. The minimum Gasteiger partial charge on any atom is -0.507 e. The van der Waals surface area contributed by atoms with Crippen molar-refractivity contribution in [1.29, 1.82) is 0 Å². The normalized spacial score (nSPS) is 18.8. The van der Waals surface area contributed by atoms with E-state index in [4.69, 9.17) is 0 Å². The molecule has 2 saturated heterocycles. The highest BCUT2D eigenvalue weighted by Gasteiger charge is 2.39. The lowest BCUT2D eigenvalue weighted by atomic mass is 9.71. The van der Waals surface area contributed by atoms with Crippen LogP contribution in [0.3, 0.4) is 0 Å². The number of aromatic nitrogens is 1. The third kappa shape index (κ3) is 5.39. The minimum atomic E-state index is -3.96. The van der Waals surface area contributed by atoms with Crippen molar-refractivity contribution < 1.29 is 18.3 Å². The number of phenolic OH excluding ortho intramolecular Hbond substituents is 1. The molecule has 1 amide bonds. The van der Waals surface area contributed by atoms with Gasteiger partial charge in [-0.05, 0) is 91.8 Å².